The molecular weight excluding hydrogens is 344 g/mol. The van der Waals surface area contributed by atoms with E-state index in [1.54, 1.807) is 12.1 Å². The molecule has 0 aliphatic rings. The van der Waals surface area contributed by atoms with Crippen LogP contribution in [-0.2, 0) is 19.1 Å². The van der Waals surface area contributed by atoms with E-state index in [0.29, 0.717) is 19.6 Å². The van der Waals surface area contributed by atoms with Gasteiger partial charge in [-0.3, -0.25) is 14.4 Å². The maximum Gasteiger partial charge on any atom is 0.326 e. The molecule has 0 spiro atoms. The number of carbonyl (C=O) groups is 4. The van der Waals surface area contributed by atoms with Crippen LogP contribution in [0, 0.1) is 0 Å². The van der Waals surface area contributed by atoms with Crippen molar-refractivity contribution in [3.8, 4) is 0 Å². The highest BCUT2D eigenvalue weighted by Crippen LogP contribution is 2.10. The van der Waals surface area contributed by atoms with Gasteiger partial charge in [-0.25, -0.2) is 4.79 Å². The number of hydrogen-bond donors (Lipinski definition) is 4. The first kappa shape index (κ1) is 20.9. The molecular formula is C17H22N2O7. The molecule has 0 bridgehead atoms. The zero-order valence-electron chi connectivity index (χ0n) is 14.4. The first-order chi connectivity index (χ1) is 12.3. The Hall–Kier alpha value is -3.10. The summed E-state index contributed by atoms with van der Waals surface area (Å²) >= 11 is 0. The van der Waals surface area contributed by atoms with Crippen LogP contribution < -0.4 is 10.6 Å². The normalized spacial score (nSPS) is 11.3. The van der Waals surface area contributed by atoms with Crippen molar-refractivity contribution in [3.63, 3.8) is 0 Å². The lowest BCUT2D eigenvalue weighted by molar-refractivity contribution is -0.142. The minimum absolute atomic E-state index is 0.196. The summed E-state index contributed by atoms with van der Waals surface area (Å²) in [5.41, 5.74) is 1.02. The van der Waals surface area contributed by atoms with Crippen LogP contribution in [0.5, 0.6) is 0 Å². The van der Waals surface area contributed by atoms with Gasteiger partial charge in [-0.2, -0.15) is 0 Å². The Morgan fingerprint density at radius 1 is 1.12 bits per heavy atom. The zero-order valence-corrected chi connectivity index (χ0v) is 14.4. The van der Waals surface area contributed by atoms with E-state index in [1.807, 2.05) is 0 Å². The van der Waals surface area contributed by atoms with Crippen molar-refractivity contribution in [3.05, 3.63) is 29.8 Å². The summed E-state index contributed by atoms with van der Waals surface area (Å²) in [7, 11) is 0. The summed E-state index contributed by atoms with van der Waals surface area (Å²) in [4.78, 5) is 44.4. The Morgan fingerprint density at radius 2 is 1.77 bits per heavy atom. The molecule has 1 atom stereocenters. The predicted molar refractivity (Wildman–Crippen MR) is 91.9 cm³/mol. The van der Waals surface area contributed by atoms with E-state index in [1.165, 1.54) is 19.1 Å². The van der Waals surface area contributed by atoms with Crippen molar-refractivity contribution < 1.29 is 34.1 Å². The largest absolute Gasteiger partial charge is 0.481 e. The van der Waals surface area contributed by atoms with E-state index in [4.69, 9.17) is 14.9 Å². The number of aliphatic carboxylic acids is 2. The van der Waals surface area contributed by atoms with Gasteiger partial charge in [0, 0.05) is 31.1 Å². The molecule has 0 unspecified atom stereocenters. The molecule has 9 nitrogen and oxygen atoms in total. The molecule has 1 aromatic carbocycles. The summed E-state index contributed by atoms with van der Waals surface area (Å²) in [6.07, 6.45) is 0.0809. The molecule has 0 heterocycles. The van der Waals surface area contributed by atoms with Gasteiger partial charge in [-0.1, -0.05) is 0 Å². The molecule has 1 amide bonds. The molecule has 0 aromatic heterocycles. The van der Waals surface area contributed by atoms with E-state index in [2.05, 4.69) is 10.6 Å². The van der Waals surface area contributed by atoms with E-state index >= 15 is 0 Å². The van der Waals surface area contributed by atoms with Crippen molar-refractivity contribution in [2.75, 3.05) is 18.5 Å². The standard InChI is InChI=1S/C17H22N2O7/c1-11(20)26-10-2-9-18-13-5-3-12(4-6-13)16(23)19-14(17(24)25)7-8-15(21)22/h3-6,14,18H,2,7-10H2,1H3,(H,19,23)(H,21,22)(H,24,25)/t14-/m1/s1. The SMILES string of the molecule is CC(=O)OCCCNc1ccc(C(=O)N[C@H](CCC(=O)O)C(=O)O)cc1. The lowest BCUT2D eigenvalue weighted by atomic mass is 10.1. The number of hydrogen-bond acceptors (Lipinski definition) is 6. The highest BCUT2D eigenvalue weighted by atomic mass is 16.5. The number of nitrogens with one attached hydrogen (secondary N) is 2. The lowest BCUT2D eigenvalue weighted by Gasteiger charge is -2.14. The third-order valence-corrected chi connectivity index (χ3v) is 3.35. The van der Waals surface area contributed by atoms with E-state index < -0.39 is 23.9 Å². The van der Waals surface area contributed by atoms with Crippen LogP contribution in [0.15, 0.2) is 24.3 Å². The van der Waals surface area contributed by atoms with Crippen LogP contribution in [0.2, 0.25) is 0 Å². The predicted octanol–water partition coefficient (Wildman–Crippen LogP) is 1.10. The van der Waals surface area contributed by atoms with Gasteiger partial charge in [-0.15, -0.1) is 0 Å². The number of rotatable bonds is 11. The van der Waals surface area contributed by atoms with Crippen molar-refractivity contribution in [1.82, 2.24) is 5.32 Å². The molecule has 1 rings (SSSR count). The minimum atomic E-state index is -1.29. The topological polar surface area (TPSA) is 142 Å². The monoisotopic (exact) mass is 366 g/mol. The highest BCUT2D eigenvalue weighted by molar-refractivity contribution is 5.96. The number of carboxylic acid groups (broad SMARTS) is 2. The third kappa shape index (κ3) is 8.13. The van der Waals surface area contributed by atoms with Gasteiger partial charge < -0.3 is 25.6 Å². The smallest absolute Gasteiger partial charge is 0.326 e. The van der Waals surface area contributed by atoms with Crippen molar-refractivity contribution in [2.45, 2.75) is 32.2 Å². The average Bonchev–Trinajstić information content (AvgIpc) is 2.58. The average molecular weight is 366 g/mol. The Labute approximate surface area is 150 Å². The third-order valence-electron chi connectivity index (χ3n) is 3.35. The van der Waals surface area contributed by atoms with Crippen molar-refractivity contribution >= 4 is 29.5 Å². The van der Waals surface area contributed by atoms with Crippen LogP contribution in [0.1, 0.15) is 36.5 Å². The Kier molecular flexibility index (Phi) is 8.62. The second-order valence-electron chi connectivity index (χ2n) is 5.49. The number of esters is 1. The summed E-state index contributed by atoms with van der Waals surface area (Å²) in [6, 6.07) is 5.11. The van der Waals surface area contributed by atoms with E-state index in [0.717, 1.165) is 5.69 Å². The zero-order chi connectivity index (χ0) is 19.5. The molecule has 0 aliphatic carbocycles. The van der Waals surface area contributed by atoms with Crippen LogP contribution in [0.3, 0.4) is 0 Å². The molecule has 0 fully saturated rings. The fraction of sp³-hybridized carbons (Fsp3) is 0.412. The molecule has 0 aliphatic heterocycles. The van der Waals surface area contributed by atoms with Gasteiger partial charge >= 0.3 is 17.9 Å². The fourth-order valence-electron chi connectivity index (χ4n) is 2.03. The van der Waals surface area contributed by atoms with E-state index in [-0.39, 0.29) is 24.4 Å². The van der Waals surface area contributed by atoms with Crippen LogP contribution in [-0.4, -0.2) is 53.2 Å². The number of carbonyl (C=O) groups excluding carboxylic acids is 2. The molecule has 0 saturated heterocycles. The molecule has 142 valence electrons. The fourth-order valence-corrected chi connectivity index (χ4v) is 2.03. The second-order valence-corrected chi connectivity index (χ2v) is 5.49. The van der Waals surface area contributed by atoms with Crippen molar-refractivity contribution in [2.24, 2.45) is 0 Å². The molecule has 26 heavy (non-hydrogen) atoms. The maximum atomic E-state index is 12.1. The Bertz CT molecular complexity index is 643. The number of anilines is 1. The first-order valence-corrected chi connectivity index (χ1v) is 8.02. The number of amides is 1. The summed E-state index contributed by atoms with van der Waals surface area (Å²) in [6.45, 7) is 2.23. The molecule has 0 radical (unpaired) electrons. The summed E-state index contributed by atoms with van der Waals surface area (Å²) < 4.78 is 4.80. The lowest BCUT2D eigenvalue weighted by Crippen LogP contribution is -2.41. The van der Waals surface area contributed by atoms with Crippen LogP contribution >= 0.6 is 0 Å². The molecule has 9 heteroatoms. The molecule has 1 aromatic rings. The van der Waals surface area contributed by atoms with Crippen molar-refractivity contribution in [1.29, 1.82) is 0 Å². The highest BCUT2D eigenvalue weighted by Gasteiger charge is 2.21. The molecule has 0 saturated carbocycles. The summed E-state index contributed by atoms with van der Waals surface area (Å²) in [5.74, 6) is -3.34. The Balaban J connectivity index is 2.50. The second kappa shape index (κ2) is 10.7. The van der Waals surface area contributed by atoms with Gasteiger partial charge in [-0.05, 0) is 37.1 Å². The van der Waals surface area contributed by atoms with Gasteiger partial charge in [0.15, 0.2) is 0 Å². The minimum Gasteiger partial charge on any atom is -0.481 e. The Morgan fingerprint density at radius 3 is 2.31 bits per heavy atom. The number of carboxylic acids is 2. The number of benzene rings is 1. The molecule has 4 N–H and O–H groups in total. The quantitative estimate of drug-likeness (QED) is 0.337. The van der Waals surface area contributed by atoms with Gasteiger partial charge in [0.25, 0.3) is 5.91 Å². The number of ether oxygens (including phenoxy) is 1. The van der Waals surface area contributed by atoms with Crippen LogP contribution in [0.4, 0.5) is 5.69 Å². The first-order valence-electron chi connectivity index (χ1n) is 8.02. The summed E-state index contributed by atoms with van der Waals surface area (Å²) in [5, 5.41) is 23.1. The van der Waals surface area contributed by atoms with Crippen LogP contribution in [0.25, 0.3) is 0 Å². The van der Waals surface area contributed by atoms with Gasteiger partial charge in [0.2, 0.25) is 0 Å². The van der Waals surface area contributed by atoms with Gasteiger partial charge in [0.1, 0.15) is 6.04 Å². The van der Waals surface area contributed by atoms with Gasteiger partial charge in [0.05, 0.1) is 6.61 Å². The maximum absolute atomic E-state index is 12.1. The van der Waals surface area contributed by atoms with E-state index in [9.17, 15) is 19.2 Å².